The molecule has 90 valence electrons. The molecular weight excluding hydrogens is 206 g/mol. The Morgan fingerprint density at radius 3 is 2.81 bits per heavy atom. The van der Waals surface area contributed by atoms with Gasteiger partial charge in [-0.1, -0.05) is 24.4 Å². The van der Waals surface area contributed by atoms with Crippen LogP contribution < -0.4 is 0 Å². The Hall–Kier alpha value is -0.940. The first-order chi connectivity index (χ1) is 7.90. The molecule has 0 radical (unpaired) electrons. The van der Waals surface area contributed by atoms with Crippen LogP contribution in [0, 0.1) is 0 Å². The molecule has 0 aliphatic heterocycles. The lowest BCUT2D eigenvalue weighted by Gasteiger charge is -2.32. The van der Waals surface area contributed by atoms with Gasteiger partial charge in [-0.25, -0.2) is 0 Å². The van der Waals surface area contributed by atoms with E-state index in [2.05, 4.69) is 15.0 Å². The molecule has 1 aromatic rings. The number of aliphatic hydroxyl groups is 1. The molecule has 5 nitrogen and oxygen atoms in total. The predicted molar refractivity (Wildman–Crippen MR) is 58.7 cm³/mol. The normalized spacial score (nSPS) is 18.1. The van der Waals surface area contributed by atoms with Crippen LogP contribution in [0.5, 0.6) is 0 Å². The zero-order valence-electron chi connectivity index (χ0n) is 9.51. The number of aliphatic hydroxyl groups excluding tert-OH is 1. The molecule has 0 amide bonds. The molecule has 1 aliphatic carbocycles. The van der Waals surface area contributed by atoms with Crippen molar-refractivity contribution in [3.05, 3.63) is 12.2 Å². The van der Waals surface area contributed by atoms with E-state index in [0.29, 0.717) is 25.0 Å². The SMILES string of the molecule is OCCN(Cc1ncno1)C1CCCCC1. The van der Waals surface area contributed by atoms with Gasteiger partial charge in [-0.05, 0) is 12.8 Å². The van der Waals surface area contributed by atoms with E-state index in [4.69, 9.17) is 9.63 Å². The zero-order chi connectivity index (χ0) is 11.2. The topological polar surface area (TPSA) is 62.4 Å². The van der Waals surface area contributed by atoms with Crippen molar-refractivity contribution in [2.75, 3.05) is 13.2 Å². The summed E-state index contributed by atoms with van der Waals surface area (Å²) in [6.45, 7) is 1.53. The molecule has 2 rings (SSSR count). The van der Waals surface area contributed by atoms with Crippen molar-refractivity contribution in [1.82, 2.24) is 15.0 Å². The Kier molecular flexibility index (Phi) is 4.30. The van der Waals surface area contributed by atoms with Gasteiger partial charge in [0.1, 0.15) is 0 Å². The maximum atomic E-state index is 9.09. The molecule has 0 atom stereocenters. The third kappa shape index (κ3) is 3.02. The molecule has 0 unspecified atom stereocenters. The summed E-state index contributed by atoms with van der Waals surface area (Å²) in [5.41, 5.74) is 0. The first kappa shape index (κ1) is 11.5. The average Bonchev–Trinajstić information content (AvgIpc) is 2.83. The first-order valence-electron chi connectivity index (χ1n) is 6.00. The maximum Gasteiger partial charge on any atom is 0.240 e. The predicted octanol–water partition coefficient (Wildman–Crippen LogP) is 1.20. The van der Waals surface area contributed by atoms with Gasteiger partial charge in [-0.2, -0.15) is 4.98 Å². The lowest BCUT2D eigenvalue weighted by Crippen LogP contribution is -2.38. The van der Waals surface area contributed by atoms with Gasteiger partial charge in [0, 0.05) is 12.6 Å². The van der Waals surface area contributed by atoms with Gasteiger partial charge in [0.25, 0.3) is 0 Å². The van der Waals surface area contributed by atoms with Crippen molar-refractivity contribution in [3.63, 3.8) is 0 Å². The van der Waals surface area contributed by atoms with Gasteiger partial charge in [-0.15, -0.1) is 0 Å². The van der Waals surface area contributed by atoms with Gasteiger partial charge in [0.2, 0.25) is 5.89 Å². The van der Waals surface area contributed by atoms with Gasteiger partial charge in [0.15, 0.2) is 6.33 Å². The second-order valence-electron chi connectivity index (χ2n) is 4.32. The van der Waals surface area contributed by atoms with Crippen molar-refractivity contribution >= 4 is 0 Å². The summed E-state index contributed by atoms with van der Waals surface area (Å²) in [4.78, 5) is 6.29. The van der Waals surface area contributed by atoms with E-state index in [9.17, 15) is 0 Å². The summed E-state index contributed by atoms with van der Waals surface area (Å²) in [5, 5.41) is 12.7. The lowest BCUT2D eigenvalue weighted by molar-refractivity contribution is 0.105. The highest BCUT2D eigenvalue weighted by Crippen LogP contribution is 2.23. The Balaban J connectivity index is 1.92. The third-order valence-corrected chi connectivity index (χ3v) is 3.22. The minimum Gasteiger partial charge on any atom is -0.395 e. The molecule has 5 heteroatoms. The molecule has 16 heavy (non-hydrogen) atoms. The number of rotatable bonds is 5. The van der Waals surface area contributed by atoms with E-state index in [-0.39, 0.29) is 6.61 Å². The van der Waals surface area contributed by atoms with E-state index in [1.807, 2.05) is 0 Å². The molecular formula is C11H19N3O2. The highest BCUT2D eigenvalue weighted by molar-refractivity contribution is 4.81. The van der Waals surface area contributed by atoms with E-state index in [1.165, 1.54) is 38.4 Å². The number of nitrogens with zero attached hydrogens (tertiary/aromatic N) is 3. The van der Waals surface area contributed by atoms with Crippen LogP contribution in [0.1, 0.15) is 38.0 Å². The molecule has 1 fully saturated rings. The molecule has 1 heterocycles. The molecule has 1 aromatic heterocycles. The highest BCUT2D eigenvalue weighted by Gasteiger charge is 2.22. The number of aromatic nitrogens is 2. The van der Waals surface area contributed by atoms with Crippen LogP contribution in [-0.4, -0.2) is 39.3 Å². The smallest absolute Gasteiger partial charge is 0.240 e. The second-order valence-corrected chi connectivity index (χ2v) is 4.32. The van der Waals surface area contributed by atoms with E-state index >= 15 is 0 Å². The van der Waals surface area contributed by atoms with Crippen molar-refractivity contribution in [1.29, 1.82) is 0 Å². The van der Waals surface area contributed by atoms with E-state index < -0.39 is 0 Å². The average molecular weight is 225 g/mol. The summed E-state index contributed by atoms with van der Waals surface area (Å²) < 4.78 is 5.02. The van der Waals surface area contributed by atoms with Gasteiger partial charge in [0.05, 0.1) is 13.2 Å². The Labute approximate surface area is 95.4 Å². The van der Waals surface area contributed by atoms with Crippen LogP contribution in [-0.2, 0) is 6.54 Å². The fourth-order valence-electron chi connectivity index (χ4n) is 2.40. The monoisotopic (exact) mass is 225 g/mol. The van der Waals surface area contributed by atoms with Crippen LogP contribution in [0.25, 0.3) is 0 Å². The molecule has 0 aromatic carbocycles. The third-order valence-electron chi connectivity index (χ3n) is 3.22. The van der Waals surface area contributed by atoms with Crippen LogP contribution >= 0.6 is 0 Å². The second kappa shape index (κ2) is 5.96. The Bertz CT molecular complexity index is 283. The van der Waals surface area contributed by atoms with Crippen LogP contribution in [0.15, 0.2) is 10.9 Å². The zero-order valence-corrected chi connectivity index (χ0v) is 9.51. The quantitative estimate of drug-likeness (QED) is 0.815. The largest absolute Gasteiger partial charge is 0.395 e. The molecule has 1 N–H and O–H groups in total. The first-order valence-corrected chi connectivity index (χ1v) is 6.00. The van der Waals surface area contributed by atoms with Gasteiger partial charge >= 0.3 is 0 Å². The summed E-state index contributed by atoms with van der Waals surface area (Å²) in [6.07, 6.45) is 7.77. The van der Waals surface area contributed by atoms with Crippen LogP contribution in [0.4, 0.5) is 0 Å². The standard InChI is InChI=1S/C11H19N3O2/c15-7-6-14(8-11-12-9-13-16-11)10-4-2-1-3-5-10/h9-10,15H,1-8H2. The molecule has 1 aliphatic rings. The molecule has 1 saturated carbocycles. The van der Waals surface area contributed by atoms with Crippen molar-refractivity contribution in [2.24, 2.45) is 0 Å². The minimum absolute atomic E-state index is 0.185. The summed E-state index contributed by atoms with van der Waals surface area (Å²) in [7, 11) is 0. The minimum atomic E-state index is 0.185. The Morgan fingerprint density at radius 1 is 1.38 bits per heavy atom. The van der Waals surface area contributed by atoms with Gasteiger partial charge < -0.3 is 9.63 Å². The fourth-order valence-corrected chi connectivity index (χ4v) is 2.40. The molecule has 0 saturated heterocycles. The fraction of sp³-hybridized carbons (Fsp3) is 0.818. The summed E-state index contributed by atoms with van der Waals surface area (Å²) in [6, 6.07) is 0.563. The Morgan fingerprint density at radius 2 is 2.19 bits per heavy atom. The van der Waals surface area contributed by atoms with E-state index in [0.717, 1.165) is 0 Å². The van der Waals surface area contributed by atoms with Gasteiger partial charge in [-0.3, -0.25) is 4.90 Å². The highest BCUT2D eigenvalue weighted by atomic mass is 16.5. The van der Waals surface area contributed by atoms with Crippen molar-refractivity contribution in [3.8, 4) is 0 Å². The molecule has 0 bridgehead atoms. The summed E-state index contributed by atoms with van der Waals surface area (Å²) >= 11 is 0. The van der Waals surface area contributed by atoms with Crippen LogP contribution in [0.2, 0.25) is 0 Å². The van der Waals surface area contributed by atoms with E-state index in [1.54, 1.807) is 0 Å². The molecule has 0 spiro atoms. The maximum absolute atomic E-state index is 9.09. The number of hydrogen-bond acceptors (Lipinski definition) is 5. The van der Waals surface area contributed by atoms with Crippen LogP contribution in [0.3, 0.4) is 0 Å². The van der Waals surface area contributed by atoms with Crippen molar-refractivity contribution < 1.29 is 9.63 Å². The number of hydrogen-bond donors (Lipinski definition) is 1. The lowest BCUT2D eigenvalue weighted by atomic mass is 9.94. The van der Waals surface area contributed by atoms with Crippen molar-refractivity contribution in [2.45, 2.75) is 44.7 Å². The summed E-state index contributed by atoms with van der Waals surface area (Å²) in [5.74, 6) is 0.638.